The predicted octanol–water partition coefficient (Wildman–Crippen LogP) is 2.87. The summed E-state index contributed by atoms with van der Waals surface area (Å²) in [6.45, 7) is 2.79. The van der Waals surface area contributed by atoms with Crippen molar-refractivity contribution in [3.05, 3.63) is 47.1 Å². The summed E-state index contributed by atoms with van der Waals surface area (Å²) in [5.41, 5.74) is 10.2. The molecule has 0 unspecified atom stereocenters. The van der Waals surface area contributed by atoms with Crippen LogP contribution in [0.15, 0.2) is 35.8 Å². The number of nitrogens with zero attached hydrogens (tertiary/aromatic N) is 2. The highest BCUT2D eigenvalue weighted by atomic mass is 32.1. The minimum Gasteiger partial charge on any atom is -0.330 e. The van der Waals surface area contributed by atoms with Gasteiger partial charge in [0.25, 0.3) is 0 Å². The van der Waals surface area contributed by atoms with Crippen molar-refractivity contribution in [3.8, 4) is 11.3 Å². The van der Waals surface area contributed by atoms with Gasteiger partial charge in [-0.25, -0.2) is 4.98 Å². The fourth-order valence-corrected chi connectivity index (χ4v) is 2.89. The third-order valence-corrected chi connectivity index (χ3v) is 4.03. The molecule has 0 fully saturated rings. The summed E-state index contributed by atoms with van der Waals surface area (Å²) in [6, 6.07) is 8.49. The van der Waals surface area contributed by atoms with Crippen LogP contribution < -0.4 is 5.73 Å². The van der Waals surface area contributed by atoms with E-state index in [-0.39, 0.29) is 0 Å². The van der Waals surface area contributed by atoms with Crippen LogP contribution in [0.4, 0.5) is 0 Å². The number of aromatic nitrogens is 2. The van der Waals surface area contributed by atoms with Gasteiger partial charge in [-0.1, -0.05) is 24.3 Å². The first kappa shape index (κ1) is 11.4. The molecule has 3 aromatic rings. The number of fused-ring (bicyclic) bond motifs is 1. The number of hydrogen-bond donors (Lipinski definition) is 1. The van der Waals surface area contributed by atoms with Crippen molar-refractivity contribution in [2.75, 3.05) is 6.54 Å². The fourth-order valence-electron chi connectivity index (χ4n) is 2.04. The summed E-state index contributed by atoms with van der Waals surface area (Å²) in [4.78, 5) is 5.69. The quantitative estimate of drug-likeness (QED) is 0.784. The summed E-state index contributed by atoms with van der Waals surface area (Å²) < 4.78 is 2.13. The third kappa shape index (κ3) is 1.94. The highest BCUT2D eigenvalue weighted by Gasteiger charge is 2.07. The first-order chi connectivity index (χ1) is 8.78. The van der Waals surface area contributed by atoms with Crippen molar-refractivity contribution in [1.82, 2.24) is 9.38 Å². The van der Waals surface area contributed by atoms with Crippen LogP contribution in [0.5, 0.6) is 0 Å². The molecule has 2 N–H and O–H groups in total. The van der Waals surface area contributed by atoms with Gasteiger partial charge in [-0.15, -0.1) is 11.3 Å². The number of hydrogen-bond acceptors (Lipinski definition) is 3. The predicted molar refractivity (Wildman–Crippen MR) is 76.0 cm³/mol. The molecule has 0 saturated carbocycles. The largest absolute Gasteiger partial charge is 0.330 e. The topological polar surface area (TPSA) is 43.3 Å². The Kier molecular flexibility index (Phi) is 2.89. The summed E-state index contributed by atoms with van der Waals surface area (Å²) in [5.74, 6) is 0. The maximum atomic E-state index is 5.55. The Bertz CT molecular complexity index is 664. The summed E-state index contributed by atoms with van der Waals surface area (Å²) in [5, 5.41) is 2.12. The molecular weight excluding hydrogens is 242 g/mol. The smallest absolute Gasteiger partial charge is 0.194 e. The molecule has 92 valence electrons. The third-order valence-electron chi connectivity index (χ3n) is 3.07. The van der Waals surface area contributed by atoms with Crippen molar-refractivity contribution in [3.63, 3.8) is 0 Å². The molecule has 2 heterocycles. The molecule has 3 rings (SSSR count). The van der Waals surface area contributed by atoms with Gasteiger partial charge in [0, 0.05) is 22.8 Å². The average Bonchev–Trinajstić information content (AvgIpc) is 2.94. The molecule has 0 aliphatic rings. The zero-order valence-electron chi connectivity index (χ0n) is 10.3. The van der Waals surface area contributed by atoms with Crippen LogP contribution in [0, 0.1) is 6.92 Å². The maximum absolute atomic E-state index is 5.55. The van der Waals surface area contributed by atoms with Gasteiger partial charge in [0.1, 0.15) is 0 Å². The zero-order valence-corrected chi connectivity index (χ0v) is 11.1. The highest BCUT2D eigenvalue weighted by molar-refractivity contribution is 7.15. The Labute approximate surface area is 110 Å². The molecule has 0 atom stereocenters. The van der Waals surface area contributed by atoms with Crippen LogP contribution in [0.1, 0.15) is 11.3 Å². The van der Waals surface area contributed by atoms with E-state index in [4.69, 9.17) is 5.73 Å². The van der Waals surface area contributed by atoms with Crippen molar-refractivity contribution < 1.29 is 0 Å². The lowest BCUT2D eigenvalue weighted by atomic mass is 10.1. The van der Waals surface area contributed by atoms with E-state index in [0.717, 1.165) is 22.6 Å². The molecule has 0 aliphatic heterocycles. The molecule has 4 heteroatoms. The number of benzene rings is 1. The van der Waals surface area contributed by atoms with E-state index >= 15 is 0 Å². The molecule has 0 saturated heterocycles. The lowest BCUT2D eigenvalue weighted by Crippen LogP contribution is -2.02. The first-order valence-electron chi connectivity index (χ1n) is 6.00. The van der Waals surface area contributed by atoms with Gasteiger partial charge >= 0.3 is 0 Å². The second kappa shape index (κ2) is 4.55. The molecule has 3 nitrogen and oxygen atoms in total. The molecule has 0 amide bonds. The van der Waals surface area contributed by atoms with Gasteiger partial charge in [0.15, 0.2) is 4.96 Å². The summed E-state index contributed by atoms with van der Waals surface area (Å²) >= 11 is 1.68. The van der Waals surface area contributed by atoms with Gasteiger partial charge in [-0.05, 0) is 25.5 Å². The van der Waals surface area contributed by atoms with Crippen LogP contribution in [0.3, 0.4) is 0 Å². The Morgan fingerprint density at radius 3 is 2.72 bits per heavy atom. The van der Waals surface area contributed by atoms with Crippen LogP contribution in [-0.2, 0) is 6.42 Å². The van der Waals surface area contributed by atoms with Crippen molar-refractivity contribution in [2.45, 2.75) is 13.3 Å². The van der Waals surface area contributed by atoms with Crippen molar-refractivity contribution in [1.29, 1.82) is 0 Å². The van der Waals surface area contributed by atoms with Gasteiger partial charge in [0.05, 0.1) is 5.69 Å². The van der Waals surface area contributed by atoms with Gasteiger partial charge in [0.2, 0.25) is 0 Å². The van der Waals surface area contributed by atoms with Crippen LogP contribution >= 0.6 is 11.3 Å². The number of nitrogens with two attached hydrogens (primary N) is 1. The van der Waals surface area contributed by atoms with Crippen LogP contribution in [-0.4, -0.2) is 15.9 Å². The molecule has 0 bridgehead atoms. The molecular formula is C14H15N3S. The molecule has 1 aromatic carbocycles. The maximum Gasteiger partial charge on any atom is 0.194 e. The Hall–Kier alpha value is -1.65. The lowest BCUT2D eigenvalue weighted by molar-refractivity contribution is 0.969. The summed E-state index contributed by atoms with van der Waals surface area (Å²) in [7, 11) is 0. The average molecular weight is 257 g/mol. The normalized spacial score (nSPS) is 11.2. The number of thiazole rings is 1. The number of aryl methyl sites for hydroxylation is 1. The van der Waals surface area contributed by atoms with Gasteiger partial charge in [-0.2, -0.15) is 0 Å². The summed E-state index contributed by atoms with van der Waals surface area (Å²) in [6.07, 6.45) is 3.02. The number of imidazole rings is 1. The SMILES string of the molecule is Cc1csc2nc(-c3ccc(CCN)cc3)cn12. The first-order valence-corrected chi connectivity index (χ1v) is 6.88. The van der Waals surface area contributed by atoms with Crippen molar-refractivity contribution >= 4 is 16.3 Å². The highest BCUT2D eigenvalue weighted by Crippen LogP contribution is 2.23. The standard InChI is InChI=1S/C14H15N3S/c1-10-9-18-14-16-13(8-17(10)14)12-4-2-11(3-5-12)6-7-15/h2-5,8-9H,6-7,15H2,1H3. The van der Waals surface area contributed by atoms with E-state index < -0.39 is 0 Å². The van der Waals surface area contributed by atoms with Gasteiger partial charge in [-0.3, -0.25) is 4.40 Å². The van der Waals surface area contributed by atoms with E-state index in [1.165, 1.54) is 11.3 Å². The van der Waals surface area contributed by atoms with E-state index in [2.05, 4.69) is 52.2 Å². The van der Waals surface area contributed by atoms with Gasteiger partial charge < -0.3 is 5.73 Å². The van der Waals surface area contributed by atoms with E-state index in [9.17, 15) is 0 Å². The van der Waals surface area contributed by atoms with Crippen LogP contribution in [0.25, 0.3) is 16.2 Å². The zero-order chi connectivity index (χ0) is 12.5. The Balaban J connectivity index is 1.97. The fraction of sp³-hybridized carbons (Fsp3) is 0.214. The molecule has 0 radical (unpaired) electrons. The molecule has 18 heavy (non-hydrogen) atoms. The molecule has 0 spiro atoms. The molecule has 2 aromatic heterocycles. The minimum absolute atomic E-state index is 0.693. The van der Waals surface area contributed by atoms with E-state index in [0.29, 0.717) is 6.54 Å². The number of rotatable bonds is 3. The van der Waals surface area contributed by atoms with Crippen LogP contribution in [0.2, 0.25) is 0 Å². The lowest BCUT2D eigenvalue weighted by Gasteiger charge is -2.00. The van der Waals surface area contributed by atoms with E-state index in [1.54, 1.807) is 11.3 Å². The minimum atomic E-state index is 0.693. The Morgan fingerprint density at radius 1 is 1.28 bits per heavy atom. The Morgan fingerprint density at radius 2 is 2.06 bits per heavy atom. The monoisotopic (exact) mass is 257 g/mol. The molecule has 0 aliphatic carbocycles. The second-order valence-corrected chi connectivity index (χ2v) is 5.23. The second-order valence-electron chi connectivity index (χ2n) is 4.39. The van der Waals surface area contributed by atoms with Crippen molar-refractivity contribution in [2.24, 2.45) is 5.73 Å². The van der Waals surface area contributed by atoms with E-state index in [1.807, 2.05) is 0 Å².